The number of aromatic hydroxyl groups is 1. The van der Waals surface area contributed by atoms with Crippen LogP contribution in [0.15, 0.2) is 24.3 Å². The number of nitrogens with two attached hydrogens (primary N) is 1. The average molecular weight is 848 g/mol. The molecule has 0 spiro atoms. The number of carboxylic acid groups (broad SMARTS) is 1. The van der Waals surface area contributed by atoms with Gasteiger partial charge in [-0.2, -0.15) is 0 Å². The highest BCUT2D eigenvalue weighted by Gasteiger charge is 2.21. The van der Waals surface area contributed by atoms with E-state index < -0.39 is 12.0 Å². The highest BCUT2D eigenvalue weighted by Crippen LogP contribution is 2.37. The zero-order chi connectivity index (χ0) is 21.7. The van der Waals surface area contributed by atoms with Gasteiger partial charge >= 0.3 is 5.97 Å². The fourth-order valence-corrected chi connectivity index (χ4v) is 6.48. The highest BCUT2D eigenvalue weighted by molar-refractivity contribution is 14.1. The number of phenols is 1. The van der Waals surface area contributed by atoms with E-state index in [0.29, 0.717) is 25.1 Å². The Morgan fingerprint density at radius 3 is 2.14 bits per heavy atom. The lowest BCUT2D eigenvalue weighted by Gasteiger charge is -2.20. The lowest BCUT2D eigenvalue weighted by atomic mass is 10.1. The highest BCUT2D eigenvalue weighted by atomic mass is 127. The van der Waals surface area contributed by atoms with Crippen LogP contribution in [-0.4, -0.2) is 28.4 Å². The summed E-state index contributed by atoms with van der Waals surface area (Å²) in [6, 6.07) is 6.65. The van der Waals surface area contributed by atoms with Crippen LogP contribution in [0.3, 0.4) is 0 Å². The summed E-state index contributed by atoms with van der Waals surface area (Å²) in [4.78, 5) is 11.6. The number of benzene rings is 2. The third kappa shape index (κ3) is 7.47. The Hall–Kier alpha value is 0.350. The molecule has 5 N–H and O–H groups in total. The number of nitrogens with one attached hydrogen (secondary N) is 1. The van der Waals surface area contributed by atoms with Crippen LogP contribution in [0.5, 0.6) is 17.2 Å². The molecule has 2 aromatic carbocycles. The Balaban J connectivity index is 2.23. The number of halogens is 4. The third-order valence-corrected chi connectivity index (χ3v) is 7.27. The summed E-state index contributed by atoms with van der Waals surface area (Å²) in [6.07, 6.45) is 1.59. The average Bonchev–Trinajstić information content (AvgIpc) is 2.62. The molecule has 10 heteroatoms. The molecule has 0 aliphatic rings. The van der Waals surface area contributed by atoms with Crippen molar-refractivity contribution in [1.29, 1.82) is 0 Å². The second kappa shape index (κ2) is 11.8. The van der Waals surface area contributed by atoms with Crippen molar-refractivity contribution in [1.82, 2.24) is 5.32 Å². The predicted octanol–water partition coefficient (Wildman–Crippen LogP) is 5.27. The first-order chi connectivity index (χ1) is 13.6. The summed E-state index contributed by atoms with van der Waals surface area (Å²) in [6.45, 7) is 2.01. The van der Waals surface area contributed by atoms with E-state index in [9.17, 15) is 15.0 Å². The molecule has 2 atom stereocenters. The van der Waals surface area contributed by atoms with Crippen LogP contribution in [0, 0.1) is 14.3 Å². The predicted molar refractivity (Wildman–Crippen MR) is 147 cm³/mol. The van der Waals surface area contributed by atoms with Crippen molar-refractivity contribution in [2.75, 3.05) is 0 Å². The van der Waals surface area contributed by atoms with Crippen LogP contribution in [0.4, 0.5) is 0 Å². The minimum atomic E-state index is -0.921. The molecule has 0 bridgehead atoms. The van der Waals surface area contributed by atoms with Gasteiger partial charge in [0.1, 0.15) is 17.5 Å². The van der Waals surface area contributed by atoms with Crippen LogP contribution in [0.1, 0.15) is 25.3 Å². The standard InChI is InChI=1S/C19H20I4N2O4/c1-2-3-16(24)25-15(19(27)28)6-9-4-13(22)18(14(23)5-9)29-10-7-11(20)17(26)12(21)8-10/h4-5,7-8,15-16,25-26H,2-3,6,24H2,1H3,(H,27,28). The molecule has 0 heterocycles. The molecule has 0 radical (unpaired) electrons. The first-order valence-corrected chi connectivity index (χ1v) is 13.0. The van der Waals surface area contributed by atoms with Crippen LogP contribution in [-0.2, 0) is 11.2 Å². The molecule has 2 aromatic rings. The number of carboxylic acids is 1. The third-order valence-electron chi connectivity index (χ3n) is 4.02. The van der Waals surface area contributed by atoms with Gasteiger partial charge in [0.2, 0.25) is 0 Å². The van der Waals surface area contributed by atoms with Gasteiger partial charge in [-0.1, -0.05) is 13.3 Å². The number of hydrogen-bond donors (Lipinski definition) is 4. The second-order valence-corrected chi connectivity index (χ2v) is 11.0. The zero-order valence-corrected chi connectivity index (χ0v) is 24.0. The van der Waals surface area contributed by atoms with Crippen molar-refractivity contribution in [3.05, 3.63) is 44.1 Å². The first-order valence-electron chi connectivity index (χ1n) is 8.70. The smallest absolute Gasteiger partial charge is 0.321 e. The van der Waals surface area contributed by atoms with E-state index in [1.165, 1.54) is 0 Å². The van der Waals surface area contributed by atoms with E-state index in [1.807, 2.05) is 19.1 Å². The molecule has 2 rings (SSSR count). The fourth-order valence-electron chi connectivity index (χ4n) is 2.65. The van der Waals surface area contributed by atoms with Crippen molar-refractivity contribution < 1.29 is 19.7 Å². The molecule has 0 saturated heterocycles. The van der Waals surface area contributed by atoms with E-state index in [-0.39, 0.29) is 11.9 Å². The van der Waals surface area contributed by atoms with Crippen molar-refractivity contribution >= 4 is 96.3 Å². The lowest BCUT2D eigenvalue weighted by molar-refractivity contribution is -0.139. The lowest BCUT2D eigenvalue weighted by Crippen LogP contribution is -2.48. The van der Waals surface area contributed by atoms with Crippen LogP contribution in [0.25, 0.3) is 0 Å². The van der Waals surface area contributed by atoms with Crippen LogP contribution in [0.2, 0.25) is 0 Å². The van der Waals surface area contributed by atoms with Crippen molar-refractivity contribution in [2.24, 2.45) is 5.73 Å². The molecule has 6 nitrogen and oxygen atoms in total. The van der Waals surface area contributed by atoms with Gasteiger partial charge in [-0.25, -0.2) is 0 Å². The van der Waals surface area contributed by atoms with E-state index in [2.05, 4.69) is 95.7 Å². The van der Waals surface area contributed by atoms with Gasteiger partial charge < -0.3 is 20.7 Å². The van der Waals surface area contributed by atoms with E-state index in [0.717, 1.165) is 25.5 Å². The summed E-state index contributed by atoms with van der Waals surface area (Å²) in [5.41, 5.74) is 6.86. The minimum absolute atomic E-state index is 0.242. The first kappa shape index (κ1) is 25.6. The Morgan fingerprint density at radius 1 is 1.10 bits per heavy atom. The molecule has 0 amide bonds. The van der Waals surface area contributed by atoms with E-state index in [1.54, 1.807) is 12.1 Å². The maximum Gasteiger partial charge on any atom is 0.321 e. The number of phenolic OH excluding ortho intramolecular Hbond substituents is 1. The summed E-state index contributed by atoms with van der Waals surface area (Å²) < 4.78 is 9.26. The van der Waals surface area contributed by atoms with Gasteiger partial charge in [0.15, 0.2) is 5.75 Å². The summed E-state index contributed by atoms with van der Waals surface area (Å²) >= 11 is 8.51. The number of rotatable bonds is 9. The van der Waals surface area contributed by atoms with E-state index in [4.69, 9.17) is 10.5 Å². The minimum Gasteiger partial charge on any atom is -0.506 e. The fraction of sp³-hybridized carbons (Fsp3) is 0.316. The number of carbonyl (C=O) groups is 1. The quantitative estimate of drug-likeness (QED) is 0.203. The van der Waals surface area contributed by atoms with Crippen LogP contribution >= 0.6 is 90.4 Å². The Morgan fingerprint density at radius 2 is 1.66 bits per heavy atom. The summed E-state index contributed by atoms with van der Waals surface area (Å²) in [5.74, 6) is 0.660. The zero-order valence-electron chi connectivity index (χ0n) is 15.4. The summed E-state index contributed by atoms with van der Waals surface area (Å²) in [5, 5.41) is 22.5. The Bertz CT molecular complexity index is 848. The molecule has 0 fully saturated rings. The second-order valence-electron chi connectivity index (χ2n) is 6.38. The number of hydrogen-bond acceptors (Lipinski definition) is 5. The SMILES string of the molecule is CCCC(N)NC(Cc1cc(I)c(Oc2cc(I)c(O)c(I)c2)c(I)c1)C(=O)O. The molecule has 0 aliphatic heterocycles. The molecule has 0 aromatic heterocycles. The van der Waals surface area contributed by atoms with E-state index >= 15 is 0 Å². The summed E-state index contributed by atoms with van der Waals surface area (Å²) in [7, 11) is 0. The van der Waals surface area contributed by atoms with Gasteiger partial charge in [0, 0.05) is 0 Å². The topological polar surface area (TPSA) is 105 Å². The molecule has 0 aliphatic carbocycles. The maximum absolute atomic E-state index is 11.6. The van der Waals surface area contributed by atoms with Gasteiger partial charge in [-0.15, -0.1) is 0 Å². The largest absolute Gasteiger partial charge is 0.506 e. The van der Waals surface area contributed by atoms with Gasteiger partial charge in [-0.05, 0) is 133 Å². The monoisotopic (exact) mass is 848 g/mol. The van der Waals surface area contributed by atoms with Crippen molar-refractivity contribution in [2.45, 2.75) is 38.4 Å². The normalized spacial score (nSPS) is 13.2. The Labute approximate surface area is 224 Å². The van der Waals surface area contributed by atoms with Crippen LogP contribution < -0.4 is 15.8 Å². The molecule has 2 unspecified atom stereocenters. The van der Waals surface area contributed by atoms with Crippen molar-refractivity contribution in [3.8, 4) is 17.2 Å². The molecule has 158 valence electrons. The van der Waals surface area contributed by atoms with Gasteiger partial charge in [0.05, 0.1) is 20.4 Å². The molecule has 0 saturated carbocycles. The molecular weight excluding hydrogens is 828 g/mol. The molecule has 29 heavy (non-hydrogen) atoms. The van der Waals surface area contributed by atoms with Crippen molar-refractivity contribution in [3.63, 3.8) is 0 Å². The molecular formula is C19H20I4N2O4. The number of aliphatic carboxylic acids is 1. The maximum atomic E-state index is 11.6. The van der Waals surface area contributed by atoms with Gasteiger partial charge in [0.25, 0.3) is 0 Å². The van der Waals surface area contributed by atoms with Gasteiger partial charge in [-0.3, -0.25) is 10.1 Å². The Kier molecular flexibility index (Phi) is 10.4. The number of ether oxygens (including phenoxy) is 1.